The van der Waals surface area contributed by atoms with E-state index in [-0.39, 0.29) is 11.9 Å². The summed E-state index contributed by atoms with van der Waals surface area (Å²) in [6.07, 6.45) is 4.05. The number of aromatic nitrogens is 1. The predicted molar refractivity (Wildman–Crippen MR) is 74.6 cm³/mol. The molecule has 104 valence electrons. The molecular weight excluding hydrogens is 242 g/mol. The van der Waals surface area contributed by atoms with E-state index in [1.54, 1.807) is 12.1 Å². The third kappa shape index (κ3) is 3.90. The van der Waals surface area contributed by atoms with Gasteiger partial charge in [-0.15, -0.1) is 0 Å². The van der Waals surface area contributed by atoms with Gasteiger partial charge in [-0.05, 0) is 45.0 Å². The highest BCUT2D eigenvalue weighted by Crippen LogP contribution is 2.08. The molecular formula is C13H21N5O. The van der Waals surface area contributed by atoms with Crippen LogP contribution in [0, 0.1) is 0 Å². The summed E-state index contributed by atoms with van der Waals surface area (Å²) < 4.78 is 0. The topological polar surface area (TPSA) is 83.3 Å². The molecule has 0 saturated carbocycles. The van der Waals surface area contributed by atoms with Crippen LogP contribution in [-0.2, 0) is 0 Å². The molecule has 19 heavy (non-hydrogen) atoms. The van der Waals surface area contributed by atoms with E-state index in [4.69, 9.17) is 5.84 Å². The molecule has 4 N–H and O–H groups in total. The molecule has 0 aliphatic carbocycles. The van der Waals surface area contributed by atoms with Gasteiger partial charge in [0.2, 0.25) is 0 Å². The number of nitrogen functional groups attached to an aromatic ring is 1. The smallest absolute Gasteiger partial charge is 0.253 e. The van der Waals surface area contributed by atoms with Gasteiger partial charge in [-0.1, -0.05) is 0 Å². The van der Waals surface area contributed by atoms with Crippen molar-refractivity contribution in [1.82, 2.24) is 15.2 Å². The zero-order chi connectivity index (χ0) is 13.7. The average Bonchev–Trinajstić information content (AvgIpc) is 2.91. The number of hydrazine groups is 1. The number of hydrogen-bond acceptors (Lipinski definition) is 5. The van der Waals surface area contributed by atoms with E-state index in [2.05, 4.69) is 20.6 Å². The molecule has 2 rings (SSSR count). The second-order valence-electron chi connectivity index (χ2n) is 4.96. The van der Waals surface area contributed by atoms with Crippen molar-refractivity contribution >= 4 is 11.7 Å². The lowest BCUT2D eigenvalue weighted by atomic mass is 10.2. The molecule has 2 heterocycles. The summed E-state index contributed by atoms with van der Waals surface area (Å²) in [5.41, 5.74) is 2.98. The van der Waals surface area contributed by atoms with Gasteiger partial charge < -0.3 is 15.6 Å². The first-order chi connectivity index (χ1) is 9.19. The summed E-state index contributed by atoms with van der Waals surface area (Å²) in [5, 5.41) is 2.99. The van der Waals surface area contributed by atoms with Gasteiger partial charge >= 0.3 is 0 Å². The zero-order valence-corrected chi connectivity index (χ0v) is 11.2. The molecule has 0 spiro atoms. The van der Waals surface area contributed by atoms with Gasteiger partial charge in [0.05, 0.1) is 5.56 Å². The number of nitrogens with two attached hydrogens (primary N) is 1. The first-order valence-electron chi connectivity index (χ1n) is 6.65. The maximum Gasteiger partial charge on any atom is 0.253 e. The van der Waals surface area contributed by atoms with Crippen molar-refractivity contribution < 1.29 is 4.79 Å². The molecule has 0 radical (unpaired) electrons. The van der Waals surface area contributed by atoms with Crippen LogP contribution in [0.3, 0.4) is 0 Å². The predicted octanol–water partition coefficient (Wildman–Crippen LogP) is 0.581. The number of carbonyl (C=O) groups is 1. The number of likely N-dealkylation sites (tertiary alicyclic amines) is 1. The van der Waals surface area contributed by atoms with Crippen LogP contribution < -0.4 is 16.6 Å². The minimum absolute atomic E-state index is 0.0947. The highest BCUT2D eigenvalue weighted by Gasteiger charge is 2.16. The molecule has 1 fully saturated rings. The summed E-state index contributed by atoms with van der Waals surface area (Å²) >= 11 is 0. The van der Waals surface area contributed by atoms with Crippen molar-refractivity contribution in [2.24, 2.45) is 5.84 Å². The van der Waals surface area contributed by atoms with Crippen LogP contribution in [0.5, 0.6) is 0 Å². The van der Waals surface area contributed by atoms with Gasteiger partial charge in [-0.25, -0.2) is 10.8 Å². The van der Waals surface area contributed by atoms with E-state index in [0.29, 0.717) is 11.4 Å². The van der Waals surface area contributed by atoms with E-state index in [1.165, 1.54) is 19.0 Å². The fraction of sp³-hybridized carbons (Fsp3) is 0.538. The molecule has 6 nitrogen and oxygen atoms in total. The summed E-state index contributed by atoms with van der Waals surface area (Å²) in [7, 11) is 0. The number of pyridine rings is 1. The molecule has 0 aromatic carbocycles. The van der Waals surface area contributed by atoms with Crippen molar-refractivity contribution in [2.45, 2.75) is 25.8 Å². The lowest BCUT2D eigenvalue weighted by Crippen LogP contribution is -2.41. The van der Waals surface area contributed by atoms with Gasteiger partial charge in [0.1, 0.15) is 5.82 Å². The number of amides is 1. The maximum absolute atomic E-state index is 12.0. The fourth-order valence-electron chi connectivity index (χ4n) is 2.32. The molecule has 1 aromatic heterocycles. The zero-order valence-electron chi connectivity index (χ0n) is 11.2. The number of carbonyl (C=O) groups excluding carboxylic acids is 1. The van der Waals surface area contributed by atoms with E-state index in [0.717, 1.165) is 19.6 Å². The van der Waals surface area contributed by atoms with Gasteiger partial charge in [-0.3, -0.25) is 4.79 Å². The summed E-state index contributed by atoms with van der Waals surface area (Å²) in [6, 6.07) is 3.53. The second-order valence-corrected chi connectivity index (χ2v) is 4.96. The van der Waals surface area contributed by atoms with Gasteiger partial charge in [0.15, 0.2) is 0 Å². The van der Waals surface area contributed by atoms with Crippen molar-refractivity contribution in [2.75, 3.05) is 25.1 Å². The summed E-state index contributed by atoms with van der Waals surface area (Å²) in [5.74, 6) is 5.68. The molecule has 1 unspecified atom stereocenters. The molecule has 1 amide bonds. The Kier molecular flexibility index (Phi) is 4.70. The van der Waals surface area contributed by atoms with Crippen LogP contribution in [0.1, 0.15) is 30.1 Å². The average molecular weight is 263 g/mol. The summed E-state index contributed by atoms with van der Waals surface area (Å²) in [6.45, 7) is 5.21. The lowest BCUT2D eigenvalue weighted by molar-refractivity contribution is 0.0931. The van der Waals surface area contributed by atoms with E-state index in [9.17, 15) is 4.79 Å². The minimum atomic E-state index is -0.0947. The van der Waals surface area contributed by atoms with Gasteiger partial charge in [-0.2, -0.15) is 0 Å². The number of nitrogens with zero attached hydrogens (tertiary/aromatic N) is 2. The Bertz CT molecular complexity index is 414. The van der Waals surface area contributed by atoms with E-state index < -0.39 is 0 Å². The van der Waals surface area contributed by atoms with Crippen molar-refractivity contribution in [3.63, 3.8) is 0 Å². The number of rotatable bonds is 5. The summed E-state index contributed by atoms with van der Waals surface area (Å²) in [4.78, 5) is 18.4. The number of hydrogen-bond donors (Lipinski definition) is 3. The Morgan fingerprint density at radius 3 is 2.79 bits per heavy atom. The molecule has 1 saturated heterocycles. The van der Waals surface area contributed by atoms with Crippen molar-refractivity contribution in [3.05, 3.63) is 23.9 Å². The lowest BCUT2D eigenvalue weighted by Gasteiger charge is -2.21. The highest BCUT2D eigenvalue weighted by atomic mass is 16.1. The van der Waals surface area contributed by atoms with Crippen molar-refractivity contribution in [1.29, 1.82) is 0 Å². The Labute approximate surface area is 113 Å². The van der Waals surface area contributed by atoms with Gasteiger partial charge in [0.25, 0.3) is 5.91 Å². The van der Waals surface area contributed by atoms with Gasteiger partial charge in [0, 0.05) is 18.8 Å². The maximum atomic E-state index is 12.0. The monoisotopic (exact) mass is 263 g/mol. The SMILES string of the molecule is CC(CN1CCCC1)NC(=O)c1ccc(NN)nc1. The Morgan fingerprint density at radius 1 is 1.47 bits per heavy atom. The van der Waals surface area contributed by atoms with E-state index in [1.807, 2.05) is 6.92 Å². The number of anilines is 1. The quantitative estimate of drug-likeness (QED) is 0.535. The second kappa shape index (κ2) is 6.49. The Hall–Kier alpha value is -1.66. The highest BCUT2D eigenvalue weighted by molar-refractivity contribution is 5.94. The first-order valence-corrected chi connectivity index (χ1v) is 6.65. The van der Waals surface area contributed by atoms with Crippen LogP contribution in [-0.4, -0.2) is 41.5 Å². The van der Waals surface area contributed by atoms with Crippen LogP contribution in [0.25, 0.3) is 0 Å². The van der Waals surface area contributed by atoms with E-state index >= 15 is 0 Å². The normalized spacial score (nSPS) is 17.2. The molecule has 6 heteroatoms. The van der Waals surface area contributed by atoms with Crippen LogP contribution in [0.4, 0.5) is 5.82 Å². The molecule has 1 aliphatic heterocycles. The van der Waals surface area contributed by atoms with Crippen LogP contribution in [0.15, 0.2) is 18.3 Å². The fourth-order valence-corrected chi connectivity index (χ4v) is 2.32. The first kappa shape index (κ1) is 13.8. The Balaban J connectivity index is 1.84. The largest absolute Gasteiger partial charge is 0.348 e. The third-order valence-electron chi connectivity index (χ3n) is 3.28. The van der Waals surface area contributed by atoms with Crippen LogP contribution >= 0.6 is 0 Å². The minimum Gasteiger partial charge on any atom is -0.348 e. The molecule has 1 aromatic rings. The number of nitrogens with one attached hydrogen (secondary N) is 2. The molecule has 0 bridgehead atoms. The van der Waals surface area contributed by atoms with Crippen molar-refractivity contribution in [3.8, 4) is 0 Å². The third-order valence-corrected chi connectivity index (χ3v) is 3.28. The van der Waals surface area contributed by atoms with Crippen LogP contribution in [0.2, 0.25) is 0 Å². The Morgan fingerprint density at radius 2 is 2.21 bits per heavy atom. The molecule has 1 aliphatic rings. The molecule has 1 atom stereocenters. The standard InChI is InChI=1S/C13H21N5O/c1-10(9-18-6-2-3-7-18)16-13(19)11-4-5-12(17-14)15-8-11/h4-5,8,10H,2-3,6-7,9,14H2,1H3,(H,15,17)(H,16,19).